The van der Waals surface area contributed by atoms with Gasteiger partial charge >= 0.3 is 11.8 Å². The second kappa shape index (κ2) is 7.43. The van der Waals surface area contributed by atoms with E-state index in [-0.39, 0.29) is 10.5 Å². The zero-order valence-electron chi connectivity index (χ0n) is 9.44. The molecule has 12 nitrogen and oxygen atoms in total. The van der Waals surface area contributed by atoms with Gasteiger partial charge in [-0.1, -0.05) is 32.1 Å². The van der Waals surface area contributed by atoms with E-state index < -0.39 is 22.9 Å². The molecule has 1 aromatic carbocycles. The molecular formula is C8H8N2O10. The first-order valence-electron chi connectivity index (χ1n) is 4.64. The third-order valence-electron chi connectivity index (χ3n) is 2.02. The lowest BCUT2D eigenvalue weighted by Gasteiger charge is -2.15. The molecule has 0 fully saturated rings. The highest BCUT2D eigenvalue weighted by atomic mass is 17.4. The molecule has 110 valence electrons. The molecule has 0 heterocycles. The first-order chi connectivity index (χ1) is 9.60. The summed E-state index contributed by atoms with van der Waals surface area (Å²) in [5.74, 6) is -2.59. The van der Waals surface area contributed by atoms with Gasteiger partial charge in [-0.2, -0.15) is 0 Å². The van der Waals surface area contributed by atoms with Crippen molar-refractivity contribution in [3.63, 3.8) is 0 Å². The van der Waals surface area contributed by atoms with Crippen molar-refractivity contribution in [1.82, 2.24) is 10.5 Å². The van der Waals surface area contributed by atoms with Gasteiger partial charge in [-0.05, 0) is 22.6 Å². The number of carbonyl (C=O) groups is 2. The van der Waals surface area contributed by atoms with Crippen LogP contribution in [0.5, 0.6) is 0 Å². The minimum Gasteiger partial charge on any atom is -0.264 e. The summed E-state index contributed by atoms with van der Waals surface area (Å²) in [4.78, 5) is 37.0. The first kappa shape index (κ1) is 15.9. The average Bonchev–Trinajstić information content (AvgIpc) is 2.49. The van der Waals surface area contributed by atoms with Crippen LogP contribution in [0.15, 0.2) is 24.3 Å². The third kappa shape index (κ3) is 3.23. The molecular weight excluding hydrogens is 284 g/mol. The number of hydroxylamine groups is 4. The van der Waals surface area contributed by atoms with Gasteiger partial charge in [0.15, 0.2) is 0 Å². The first-order valence-corrected chi connectivity index (χ1v) is 4.64. The number of carbonyl (C=O) groups excluding carboxylic acids is 2. The summed E-state index contributed by atoms with van der Waals surface area (Å²) in [6, 6.07) is 4.79. The maximum absolute atomic E-state index is 11.7. The Morgan fingerprint density at radius 3 is 1.30 bits per heavy atom. The molecule has 0 aliphatic carbocycles. The Morgan fingerprint density at radius 2 is 1.05 bits per heavy atom. The van der Waals surface area contributed by atoms with Gasteiger partial charge in [-0.3, -0.25) is 9.59 Å². The van der Waals surface area contributed by atoms with Gasteiger partial charge in [0.2, 0.25) is 0 Å². The van der Waals surface area contributed by atoms with Crippen molar-refractivity contribution in [3.8, 4) is 0 Å². The predicted molar refractivity (Wildman–Crippen MR) is 53.6 cm³/mol. The number of hydrogen-bond acceptors (Lipinski definition) is 10. The zero-order chi connectivity index (χ0) is 15.1. The van der Waals surface area contributed by atoms with Crippen LogP contribution in [0.25, 0.3) is 0 Å². The van der Waals surface area contributed by atoms with Gasteiger partial charge in [0, 0.05) is 0 Å². The fraction of sp³-hybridized carbons (Fsp3) is 0. The molecule has 20 heavy (non-hydrogen) atoms. The minimum atomic E-state index is -1.30. The Bertz CT molecular complexity index is 429. The van der Waals surface area contributed by atoms with E-state index in [1.54, 1.807) is 0 Å². The second-order valence-corrected chi connectivity index (χ2v) is 3.00. The predicted octanol–water partition coefficient (Wildman–Crippen LogP) is 0.189. The Kier molecular flexibility index (Phi) is 5.91. The van der Waals surface area contributed by atoms with Crippen LogP contribution < -0.4 is 0 Å². The van der Waals surface area contributed by atoms with E-state index in [1.165, 1.54) is 12.1 Å². The number of nitrogens with zero attached hydrogens (tertiary/aromatic N) is 2. The molecule has 0 aliphatic rings. The number of hydrogen-bond donors (Lipinski definition) is 4. The monoisotopic (exact) mass is 292 g/mol. The largest absolute Gasteiger partial charge is 0.310 e. The molecule has 1 rings (SSSR count). The Hall–Kier alpha value is -2.16. The van der Waals surface area contributed by atoms with Crippen LogP contribution in [0, 0.1) is 0 Å². The lowest BCUT2D eigenvalue weighted by molar-refractivity contribution is -0.556. The van der Waals surface area contributed by atoms with Gasteiger partial charge < -0.3 is 0 Å². The highest BCUT2D eigenvalue weighted by Crippen LogP contribution is 2.15. The summed E-state index contributed by atoms with van der Waals surface area (Å²) in [5.41, 5.74) is -0.917. The van der Waals surface area contributed by atoms with Crippen LogP contribution in [-0.2, 0) is 20.0 Å². The van der Waals surface area contributed by atoms with Crippen molar-refractivity contribution in [2.45, 2.75) is 0 Å². The zero-order valence-corrected chi connectivity index (χ0v) is 9.44. The number of benzene rings is 1. The Balaban J connectivity index is 3.17. The van der Waals surface area contributed by atoms with Crippen molar-refractivity contribution in [1.29, 1.82) is 0 Å². The molecule has 0 bridgehead atoms. The molecule has 0 atom stereocenters. The summed E-state index contributed by atoms with van der Waals surface area (Å²) in [6.45, 7) is 0. The van der Waals surface area contributed by atoms with Crippen LogP contribution in [0.1, 0.15) is 20.7 Å². The lowest BCUT2D eigenvalue weighted by atomic mass is 10.1. The normalized spacial score (nSPS) is 10.2. The fourth-order valence-corrected chi connectivity index (χ4v) is 1.23. The molecule has 2 amide bonds. The van der Waals surface area contributed by atoms with Gasteiger partial charge in [0.05, 0.1) is 11.1 Å². The molecule has 12 heteroatoms. The van der Waals surface area contributed by atoms with E-state index in [1.807, 2.05) is 0 Å². The van der Waals surface area contributed by atoms with Crippen LogP contribution in [-0.4, -0.2) is 43.3 Å². The molecule has 0 aliphatic heterocycles. The third-order valence-corrected chi connectivity index (χ3v) is 2.02. The quantitative estimate of drug-likeness (QED) is 0.421. The highest BCUT2D eigenvalue weighted by Gasteiger charge is 2.28. The molecule has 0 radical (unpaired) electrons. The SMILES string of the molecule is O=C(c1ccccc1C(=O)N(OO)OO)N(OO)OO. The topological polar surface area (TPSA) is 158 Å². The molecule has 1 aromatic rings. The van der Waals surface area contributed by atoms with Gasteiger partial charge in [0.1, 0.15) is 0 Å². The van der Waals surface area contributed by atoms with Crippen molar-refractivity contribution in [3.05, 3.63) is 35.4 Å². The summed E-state index contributed by atoms with van der Waals surface area (Å²) < 4.78 is 0. The van der Waals surface area contributed by atoms with E-state index in [2.05, 4.69) is 20.0 Å². The second-order valence-electron chi connectivity index (χ2n) is 3.00. The van der Waals surface area contributed by atoms with Crippen molar-refractivity contribution in [2.24, 2.45) is 0 Å². The van der Waals surface area contributed by atoms with E-state index in [4.69, 9.17) is 21.0 Å². The highest BCUT2D eigenvalue weighted by molar-refractivity contribution is 6.06. The van der Waals surface area contributed by atoms with E-state index in [9.17, 15) is 9.59 Å². The summed E-state index contributed by atoms with van der Waals surface area (Å²) >= 11 is 0. The minimum absolute atomic E-state index is 0.365. The standard InChI is InChI=1S/C8H8N2O10/c11-7(9(17-13)18-14)5-3-1-2-4-6(5)8(12)10(19-15)20-16/h1-4,13-16H. The van der Waals surface area contributed by atoms with Crippen LogP contribution in [0.4, 0.5) is 0 Å². The van der Waals surface area contributed by atoms with Crippen molar-refractivity contribution in [2.75, 3.05) is 0 Å². The lowest BCUT2D eigenvalue weighted by Crippen LogP contribution is -2.34. The Labute approximate surface area is 109 Å². The van der Waals surface area contributed by atoms with Crippen LogP contribution >= 0.6 is 0 Å². The molecule has 4 N–H and O–H groups in total. The van der Waals surface area contributed by atoms with Gasteiger partial charge in [-0.15, -0.1) is 0 Å². The van der Waals surface area contributed by atoms with Gasteiger partial charge in [-0.25, -0.2) is 21.0 Å². The van der Waals surface area contributed by atoms with E-state index in [0.717, 1.165) is 12.1 Å². The van der Waals surface area contributed by atoms with E-state index in [0.29, 0.717) is 0 Å². The van der Waals surface area contributed by atoms with Crippen LogP contribution in [0.3, 0.4) is 0 Å². The molecule has 0 spiro atoms. The maximum atomic E-state index is 11.7. The smallest absolute Gasteiger partial charge is 0.264 e. The fourth-order valence-electron chi connectivity index (χ4n) is 1.23. The van der Waals surface area contributed by atoms with E-state index >= 15 is 0 Å². The Morgan fingerprint density at radius 1 is 0.750 bits per heavy atom. The number of amides is 2. The number of rotatable bonds is 6. The van der Waals surface area contributed by atoms with Gasteiger partial charge in [0.25, 0.3) is 0 Å². The van der Waals surface area contributed by atoms with Crippen molar-refractivity contribution < 1.29 is 50.6 Å². The van der Waals surface area contributed by atoms with Crippen LogP contribution in [0.2, 0.25) is 0 Å². The summed E-state index contributed by atoms with van der Waals surface area (Å²) in [7, 11) is 0. The van der Waals surface area contributed by atoms with Crippen molar-refractivity contribution >= 4 is 11.8 Å². The maximum Gasteiger partial charge on any atom is 0.310 e. The molecule has 0 aromatic heterocycles. The summed E-state index contributed by atoms with van der Waals surface area (Å²) in [5, 5.41) is 32.4. The molecule has 0 saturated heterocycles. The average molecular weight is 292 g/mol. The summed E-state index contributed by atoms with van der Waals surface area (Å²) in [6.07, 6.45) is 0. The molecule has 0 unspecified atom stereocenters. The molecule has 0 saturated carbocycles.